The Bertz CT molecular complexity index is 1080. The summed E-state index contributed by atoms with van der Waals surface area (Å²) in [6.45, 7) is 0.343. The van der Waals surface area contributed by atoms with Gasteiger partial charge in [-0.25, -0.2) is 21.9 Å². The Morgan fingerprint density at radius 2 is 1.94 bits per heavy atom. The Morgan fingerprint density at radius 3 is 2.61 bits per heavy atom. The number of esters is 1. The van der Waals surface area contributed by atoms with Gasteiger partial charge in [0.25, 0.3) is 0 Å². The number of hydrogen-bond acceptors (Lipinski definition) is 5. The molecule has 1 N–H and O–H groups in total. The predicted octanol–water partition coefficient (Wildman–Crippen LogP) is 3.45. The molecule has 10 heteroatoms. The zero-order valence-corrected chi connectivity index (χ0v) is 18.4. The van der Waals surface area contributed by atoms with Crippen molar-refractivity contribution in [2.45, 2.75) is 18.6 Å². The zero-order chi connectivity index (χ0) is 22.6. The third-order valence-electron chi connectivity index (χ3n) is 5.06. The van der Waals surface area contributed by atoms with Gasteiger partial charge in [-0.3, -0.25) is 4.79 Å². The Labute approximate surface area is 185 Å². The Hall–Kier alpha value is -2.49. The largest absolute Gasteiger partial charge is 0.465 e. The van der Waals surface area contributed by atoms with Crippen molar-refractivity contribution >= 4 is 39.2 Å². The Morgan fingerprint density at radius 1 is 1.23 bits per heavy atom. The molecule has 7 nitrogen and oxygen atoms in total. The molecule has 0 aromatic heterocycles. The SMILES string of the molecule is COC(=O)c1ccc(Cl)c(NC(=O)C2CCCN(S(=O)(=O)Cc3ccc(F)cc3)C2)c1. The number of nitrogens with zero attached hydrogens (tertiary/aromatic N) is 1. The van der Waals surface area contributed by atoms with Gasteiger partial charge in [-0.2, -0.15) is 0 Å². The summed E-state index contributed by atoms with van der Waals surface area (Å²) in [4.78, 5) is 24.5. The molecule has 1 aliphatic rings. The highest BCUT2D eigenvalue weighted by atomic mass is 35.5. The number of sulfonamides is 1. The molecule has 0 spiro atoms. The van der Waals surface area contributed by atoms with Gasteiger partial charge in [0, 0.05) is 13.1 Å². The summed E-state index contributed by atoms with van der Waals surface area (Å²) in [6, 6.07) is 9.65. The number of carbonyl (C=O) groups is 2. The van der Waals surface area contributed by atoms with Gasteiger partial charge in [-0.1, -0.05) is 23.7 Å². The fourth-order valence-corrected chi connectivity index (χ4v) is 5.17. The number of benzene rings is 2. The first-order valence-electron chi connectivity index (χ1n) is 9.60. The van der Waals surface area contributed by atoms with Crippen molar-refractivity contribution in [2.75, 3.05) is 25.5 Å². The van der Waals surface area contributed by atoms with Crippen LogP contribution < -0.4 is 5.32 Å². The van der Waals surface area contributed by atoms with E-state index in [1.807, 2.05) is 0 Å². The van der Waals surface area contributed by atoms with E-state index in [4.69, 9.17) is 11.6 Å². The summed E-state index contributed by atoms with van der Waals surface area (Å²) in [5.74, 6) is -2.23. The number of methoxy groups -OCH3 is 1. The molecular formula is C21H22ClFN2O5S. The second-order valence-electron chi connectivity index (χ2n) is 7.26. The maximum atomic E-state index is 13.1. The lowest BCUT2D eigenvalue weighted by Gasteiger charge is -2.31. The van der Waals surface area contributed by atoms with E-state index in [2.05, 4.69) is 10.1 Å². The lowest BCUT2D eigenvalue weighted by Crippen LogP contribution is -2.44. The number of ether oxygens (including phenoxy) is 1. The first-order valence-corrected chi connectivity index (χ1v) is 11.6. The first-order chi connectivity index (χ1) is 14.7. The van der Waals surface area contributed by atoms with Gasteiger partial charge in [0.05, 0.1) is 35.1 Å². The van der Waals surface area contributed by atoms with Crippen LogP contribution in [0.3, 0.4) is 0 Å². The summed E-state index contributed by atoms with van der Waals surface area (Å²) < 4.78 is 44.6. The average molecular weight is 469 g/mol. The van der Waals surface area contributed by atoms with E-state index < -0.39 is 27.7 Å². The minimum absolute atomic E-state index is 0.0314. The van der Waals surface area contributed by atoms with E-state index in [0.29, 0.717) is 24.9 Å². The van der Waals surface area contributed by atoms with Crippen LogP contribution in [0.2, 0.25) is 5.02 Å². The average Bonchev–Trinajstić information content (AvgIpc) is 2.76. The van der Waals surface area contributed by atoms with Crippen LogP contribution in [0.25, 0.3) is 0 Å². The van der Waals surface area contributed by atoms with Gasteiger partial charge in [0.15, 0.2) is 0 Å². The minimum Gasteiger partial charge on any atom is -0.465 e. The molecule has 2 aromatic rings. The predicted molar refractivity (Wildman–Crippen MR) is 115 cm³/mol. The quantitative estimate of drug-likeness (QED) is 0.655. The van der Waals surface area contributed by atoms with E-state index in [9.17, 15) is 22.4 Å². The van der Waals surface area contributed by atoms with Gasteiger partial charge >= 0.3 is 5.97 Å². The molecule has 0 radical (unpaired) electrons. The molecular weight excluding hydrogens is 447 g/mol. The third-order valence-corrected chi connectivity index (χ3v) is 7.20. The number of nitrogens with one attached hydrogen (secondary N) is 1. The molecule has 31 heavy (non-hydrogen) atoms. The van der Waals surface area contributed by atoms with Crippen LogP contribution in [0.4, 0.5) is 10.1 Å². The molecule has 0 saturated carbocycles. The standard InChI is InChI=1S/C21H22ClFN2O5S/c1-30-21(27)15-6-9-18(22)19(11-15)24-20(26)16-3-2-10-25(12-16)31(28,29)13-14-4-7-17(23)8-5-14/h4-9,11,16H,2-3,10,12-13H2,1H3,(H,24,26). The van der Waals surface area contributed by atoms with Crippen molar-refractivity contribution in [3.63, 3.8) is 0 Å². The number of rotatable bonds is 6. The molecule has 1 amide bonds. The van der Waals surface area contributed by atoms with Gasteiger partial charge in [-0.15, -0.1) is 0 Å². The maximum absolute atomic E-state index is 13.1. The van der Waals surface area contributed by atoms with Gasteiger partial charge in [0.2, 0.25) is 15.9 Å². The van der Waals surface area contributed by atoms with Gasteiger partial charge in [-0.05, 0) is 48.7 Å². The highest BCUT2D eigenvalue weighted by Gasteiger charge is 2.32. The van der Waals surface area contributed by atoms with E-state index in [1.54, 1.807) is 0 Å². The van der Waals surface area contributed by atoms with Crippen LogP contribution in [0.5, 0.6) is 0 Å². The summed E-state index contributed by atoms with van der Waals surface area (Å²) in [5.41, 5.74) is 0.953. The van der Waals surface area contributed by atoms with Gasteiger partial charge in [0.1, 0.15) is 5.82 Å². The Balaban J connectivity index is 1.69. The normalized spacial score (nSPS) is 17.2. The van der Waals surface area contributed by atoms with Crippen LogP contribution in [0, 0.1) is 11.7 Å². The van der Waals surface area contributed by atoms with Crippen molar-refractivity contribution in [3.8, 4) is 0 Å². The summed E-state index contributed by atoms with van der Waals surface area (Å²) in [6.07, 6.45) is 1.04. The van der Waals surface area contributed by atoms with Crippen LogP contribution >= 0.6 is 11.6 Å². The minimum atomic E-state index is -3.67. The van der Waals surface area contributed by atoms with Crippen molar-refractivity contribution in [1.29, 1.82) is 0 Å². The van der Waals surface area contributed by atoms with E-state index in [1.165, 1.54) is 53.9 Å². The monoisotopic (exact) mass is 468 g/mol. The number of piperidine rings is 1. The molecule has 2 aromatic carbocycles. The Kier molecular flexibility index (Phi) is 7.30. The molecule has 1 heterocycles. The fraction of sp³-hybridized carbons (Fsp3) is 0.333. The van der Waals surface area contributed by atoms with Crippen LogP contribution in [-0.4, -0.2) is 44.8 Å². The lowest BCUT2D eigenvalue weighted by molar-refractivity contribution is -0.120. The van der Waals surface area contributed by atoms with E-state index in [-0.39, 0.29) is 34.5 Å². The van der Waals surface area contributed by atoms with Crippen molar-refractivity contribution in [3.05, 3.63) is 64.4 Å². The molecule has 0 bridgehead atoms. The van der Waals surface area contributed by atoms with Gasteiger partial charge < -0.3 is 10.1 Å². The first kappa shape index (κ1) is 23.2. The molecule has 1 fully saturated rings. The molecule has 0 aliphatic carbocycles. The van der Waals surface area contributed by atoms with E-state index in [0.717, 1.165) is 0 Å². The molecule has 1 saturated heterocycles. The molecule has 166 valence electrons. The van der Waals surface area contributed by atoms with Crippen molar-refractivity contribution in [1.82, 2.24) is 4.31 Å². The second kappa shape index (κ2) is 9.76. The highest BCUT2D eigenvalue weighted by molar-refractivity contribution is 7.88. The van der Waals surface area contributed by atoms with Crippen LogP contribution in [0.15, 0.2) is 42.5 Å². The van der Waals surface area contributed by atoms with Crippen molar-refractivity contribution < 1.29 is 27.1 Å². The van der Waals surface area contributed by atoms with Crippen molar-refractivity contribution in [2.24, 2.45) is 5.92 Å². The topological polar surface area (TPSA) is 92.8 Å². The third kappa shape index (κ3) is 5.81. The summed E-state index contributed by atoms with van der Waals surface area (Å²) in [7, 11) is -2.43. The fourth-order valence-electron chi connectivity index (χ4n) is 3.39. The summed E-state index contributed by atoms with van der Waals surface area (Å²) >= 11 is 6.13. The highest BCUT2D eigenvalue weighted by Crippen LogP contribution is 2.27. The molecule has 1 atom stereocenters. The molecule has 1 unspecified atom stereocenters. The number of amides is 1. The maximum Gasteiger partial charge on any atom is 0.337 e. The second-order valence-corrected chi connectivity index (χ2v) is 9.63. The molecule has 1 aliphatic heterocycles. The van der Waals surface area contributed by atoms with E-state index >= 15 is 0 Å². The van der Waals surface area contributed by atoms with Crippen LogP contribution in [-0.2, 0) is 25.3 Å². The number of halogens is 2. The molecule has 3 rings (SSSR count). The lowest BCUT2D eigenvalue weighted by atomic mass is 9.98. The smallest absolute Gasteiger partial charge is 0.337 e. The zero-order valence-electron chi connectivity index (χ0n) is 16.8. The number of carbonyl (C=O) groups excluding carboxylic acids is 2. The number of anilines is 1. The van der Waals surface area contributed by atoms with Crippen LogP contribution in [0.1, 0.15) is 28.8 Å². The number of hydrogen-bond donors (Lipinski definition) is 1. The summed E-state index contributed by atoms with van der Waals surface area (Å²) in [5, 5.41) is 2.93.